The molecule has 1 atom stereocenters. The van der Waals surface area contributed by atoms with Gasteiger partial charge in [-0.1, -0.05) is 23.2 Å². The van der Waals surface area contributed by atoms with Crippen LogP contribution in [0, 0.1) is 0 Å². The lowest BCUT2D eigenvalue weighted by Gasteiger charge is -2.34. The average molecular weight is 333 g/mol. The summed E-state index contributed by atoms with van der Waals surface area (Å²) in [6.45, 7) is 0. The average Bonchev–Trinajstić information content (AvgIpc) is 2.13. The highest BCUT2D eigenvalue weighted by atomic mass is 35.5. The summed E-state index contributed by atoms with van der Waals surface area (Å²) in [4.78, 5) is 0. The van der Waals surface area contributed by atoms with Crippen LogP contribution in [0.1, 0.15) is 0 Å². The van der Waals surface area contributed by atoms with Gasteiger partial charge in [0.2, 0.25) is 0 Å². The second-order valence-electron chi connectivity index (χ2n) is 2.80. The van der Waals surface area contributed by atoms with Crippen LogP contribution in [0.2, 0.25) is 0 Å². The van der Waals surface area contributed by atoms with Crippen molar-refractivity contribution >= 4 is 23.2 Å². The quantitative estimate of drug-likeness (QED) is 0.500. The third kappa shape index (κ3) is 2.49. The van der Waals surface area contributed by atoms with Crippen molar-refractivity contribution in [2.45, 2.75) is 23.1 Å². The Balaban J connectivity index is 5.88. The molecule has 12 heteroatoms. The molecule has 0 aromatic carbocycles. The van der Waals surface area contributed by atoms with Crippen LogP contribution in [0.3, 0.4) is 0 Å². The van der Waals surface area contributed by atoms with E-state index in [0.29, 0.717) is 0 Å². The number of halogens is 12. The molecule has 0 aliphatic carbocycles. The van der Waals surface area contributed by atoms with Gasteiger partial charge in [-0.05, 0) is 0 Å². The third-order valence-corrected chi connectivity index (χ3v) is 2.51. The van der Waals surface area contributed by atoms with Crippen LogP contribution in [-0.2, 0) is 0 Å². The van der Waals surface area contributed by atoms with Gasteiger partial charge in [0, 0.05) is 0 Å². The molecule has 0 saturated carbocycles. The fourth-order valence-electron chi connectivity index (χ4n) is 0.632. The zero-order valence-electron chi connectivity index (χ0n) is 7.54. The highest BCUT2D eigenvalue weighted by Crippen LogP contribution is 2.57. The SMILES string of the molecule is FC(F)=C(Cl)C(F)(Cl)C(F)(F)C(F)(F)C(F)(F)F. The van der Waals surface area contributed by atoms with Crippen molar-refractivity contribution in [3.8, 4) is 0 Å². The summed E-state index contributed by atoms with van der Waals surface area (Å²) in [6.07, 6.45) is -10.4. The number of allylic oxidation sites excluding steroid dienone is 1. The van der Waals surface area contributed by atoms with Gasteiger partial charge in [0.25, 0.3) is 11.2 Å². The minimum atomic E-state index is -7.01. The molecule has 0 aromatic heterocycles. The van der Waals surface area contributed by atoms with E-state index in [9.17, 15) is 43.9 Å². The topological polar surface area (TPSA) is 0 Å². The molecular formula is C6Cl2F10. The van der Waals surface area contributed by atoms with Gasteiger partial charge in [-0.15, -0.1) is 0 Å². The van der Waals surface area contributed by atoms with Gasteiger partial charge in [-0.25, -0.2) is 4.39 Å². The van der Waals surface area contributed by atoms with E-state index in [-0.39, 0.29) is 0 Å². The summed E-state index contributed by atoms with van der Waals surface area (Å²) in [5.41, 5.74) is 0. The molecule has 0 nitrogen and oxygen atoms in total. The van der Waals surface area contributed by atoms with Crippen molar-refractivity contribution < 1.29 is 43.9 Å². The molecule has 0 saturated heterocycles. The summed E-state index contributed by atoms with van der Waals surface area (Å²) in [6, 6.07) is 0. The Kier molecular flexibility index (Phi) is 4.52. The molecular weight excluding hydrogens is 333 g/mol. The van der Waals surface area contributed by atoms with Crippen molar-refractivity contribution in [2.24, 2.45) is 0 Å². The third-order valence-electron chi connectivity index (χ3n) is 1.59. The van der Waals surface area contributed by atoms with E-state index in [1.54, 1.807) is 0 Å². The fourth-order valence-corrected chi connectivity index (χ4v) is 0.940. The Morgan fingerprint density at radius 3 is 1.28 bits per heavy atom. The molecule has 0 fully saturated rings. The van der Waals surface area contributed by atoms with Crippen LogP contribution in [-0.4, -0.2) is 23.1 Å². The van der Waals surface area contributed by atoms with Crippen LogP contribution in [0.25, 0.3) is 0 Å². The normalized spacial score (nSPS) is 17.3. The largest absolute Gasteiger partial charge is 0.460 e. The Labute approximate surface area is 102 Å². The van der Waals surface area contributed by atoms with E-state index in [2.05, 4.69) is 23.2 Å². The van der Waals surface area contributed by atoms with Crippen molar-refractivity contribution in [3.05, 3.63) is 11.1 Å². The van der Waals surface area contributed by atoms with Crippen molar-refractivity contribution in [1.82, 2.24) is 0 Å². The Bertz CT molecular complexity index is 350. The smallest absolute Gasteiger partial charge is 0.213 e. The molecule has 0 amide bonds. The highest BCUT2D eigenvalue weighted by molar-refractivity contribution is 6.39. The van der Waals surface area contributed by atoms with Crippen LogP contribution >= 0.6 is 23.2 Å². The van der Waals surface area contributed by atoms with Gasteiger partial charge in [0.1, 0.15) is 5.03 Å². The highest BCUT2D eigenvalue weighted by Gasteiger charge is 2.81. The molecule has 1 unspecified atom stereocenters. The number of rotatable bonds is 3. The summed E-state index contributed by atoms with van der Waals surface area (Å²) in [5.74, 6) is -13.8. The molecule has 0 bridgehead atoms. The summed E-state index contributed by atoms with van der Waals surface area (Å²) >= 11 is 8.19. The molecule has 0 radical (unpaired) electrons. The van der Waals surface area contributed by atoms with Crippen LogP contribution in [0.15, 0.2) is 11.1 Å². The molecule has 0 aliphatic rings. The predicted molar refractivity (Wildman–Crippen MR) is 40.7 cm³/mol. The first-order valence-corrected chi connectivity index (χ1v) is 4.27. The van der Waals surface area contributed by atoms with Gasteiger partial charge >= 0.3 is 18.0 Å². The zero-order valence-corrected chi connectivity index (χ0v) is 9.05. The Morgan fingerprint density at radius 1 is 0.722 bits per heavy atom. The first kappa shape index (κ1) is 17.6. The van der Waals surface area contributed by atoms with Crippen molar-refractivity contribution in [2.75, 3.05) is 0 Å². The van der Waals surface area contributed by atoms with Crippen LogP contribution in [0.4, 0.5) is 43.9 Å². The summed E-state index contributed by atoms with van der Waals surface area (Å²) < 4.78 is 121. The molecule has 0 rings (SSSR count). The van der Waals surface area contributed by atoms with Crippen LogP contribution in [0.5, 0.6) is 0 Å². The van der Waals surface area contributed by atoms with Gasteiger partial charge in [-0.2, -0.15) is 39.5 Å². The number of hydrogen-bond donors (Lipinski definition) is 0. The molecule has 0 spiro atoms. The minimum Gasteiger partial charge on any atom is -0.213 e. The molecule has 0 N–H and O–H groups in total. The van der Waals surface area contributed by atoms with Crippen molar-refractivity contribution in [3.63, 3.8) is 0 Å². The maximum Gasteiger partial charge on any atom is 0.460 e. The lowest BCUT2D eigenvalue weighted by atomic mass is 10.1. The maximum absolute atomic E-state index is 12.9. The standard InChI is InChI=1S/C6Cl2F10/c7-1(2(9)10)3(8,11)4(12,13)5(14,15)6(16,17)18. The predicted octanol–water partition coefficient (Wildman–Crippen LogP) is 5.07. The van der Waals surface area contributed by atoms with E-state index in [1.165, 1.54) is 0 Å². The molecule has 108 valence electrons. The molecule has 0 heterocycles. The number of hydrogen-bond acceptors (Lipinski definition) is 0. The van der Waals surface area contributed by atoms with Crippen molar-refractivity contribution in [1.29, 1.82) is 0 Å². The van der Waals surface area contributed by atoms with Gasteiger partial charge < -0.3 is 0 Å². The lowest BCUT2D eigenvalue weighted by molar-refractivity contribution is -0.367. The van der Waals surface area contributed by atoms with Crippen LogP contribution < -0.4 is 0 Å². The Morgan fingerprint density at radius 2 is 1.06 bits per heavy atom. The molecule has 0 aromatic rings. The van der Waals surface area contributed by atoms with E-state index >= 15 is 0 Å². The first-order valence-electron chi connectivity index (χ1n) is 3.52. The lowest BCUT2D eigenvalue weighted by Crippen LogP contribution is -2.60. The van der Waals surface area contributed by atoms with E-state index in [1.807, 2.05) is 0 Å². The van der Waals surface area contributed by atoms with Gasteiger partial charge in [0.15, 0.2) is 0 Å². The monoisotopic (exact) mass is 332 g/mol. The first-order chi connectivity index (χ1) is 7.60. The zero-order chi connectivity index (χ0) is 15.2. The Hall–Kier alpha value is -0.380. The summed E-state index contributed by atoms with van der Waals surface area (Å²) in [5, 5.41) is -8.58. The second kappa shape index (κ2) is 4.62. The van der Waals surface area contributed by atoms with Gasteiger partial charge in [0.05, 0.1) is 0 Å². The second-order valence-corrected chi connectivity index (χ2v) is 3.69. The molecule has 18 heavy (non-hydrogen) atoms. The van der Waals surface area contributed by atoms with E-state index in [4.69, 9.17) is 0 Å². The maximum atomic E-state index is 12.9. The van der Waals surface area contributed by atoms with E-state index in [0.717, 1.165) is 0 Å². The number of alkyl halides is 9. The molecule has 0 aliphatic heterocycles. The van der Waals surface area contributed by atoms with Gasteiger partial charge in [-0.3, -0.25) is 0 Å². The fraction of sp³-hybridized carbons (Fsp3) is 0.667. The minimum absolute atomic E-state index is 2.96. The van der Waals surface area contributed by atoms with E-state index < -0.39 is 34.3 Å². The summed E-state index contributed by atoms with van der Waals surface area (Å²) in [7, 11) is 0.